The Hall–Kier alpha value is -2.49. The van der Waals surface area contributed by atoms with Crippen molar-refractivity contribution in [2.75, 3.05) is 18.5 Å². The summed E-state index contributed by atoms with van der Waals surface area (Å²) < 4.78 is 11.9. The molecule has 0 saturated carbocycles. The van der Waals surface area contributed by atoms with Gasteiger partial charge in [-0.15, -0.1) is 0 Å². The van der Waals surface area contributed by atoms with Crippen molar-refractivity contribution in [3.63, 3.8) is 0 Å². The molecule has 27 heavy (non-hydrogen) atoms. The van der Waals surface area contributed by atoms with E-state index in [4.69, 9.17) is 21.1 Å². The first-order chi connectivity index (χ1) is 13.0. The van der Waals surface area contributed by atoms with E-state index in [1.807, 2.05) is 19.9 Å². The summed E-state index contributed by atoms with van der Waals surface area (Å²) in [6.07, 6.45) is 1.48. The Morgan fingerprint density at radius 3 is 2.56 bits per heavy atom. The van der Waals surface area contributed by atoms with Gasteiger partial charge in [-0.25, -0.2) is 0 Å². The largest absolute Gasteiger partial charge is 0.493 e. The molecule has 0 aliphatic carbocycles. The maximum absolute atomic E-state index is 12.5. The van der Waals surface area contributed by atoms with Crippen LogP contribution in [0, 0.1) is 11.3 Å². The number of amides is 1. The number of hydrogen-bond acceptors (Lipinski definition) is 4. The minimum Gasteiger partial charge on any atom is -0.493 e. The van der Waals surface area contributed by atoms with Crippen molar-refractivity contribution in [3.8, 4) is 17.6 Å². The summed E-state index contributed by atoms with van der Waals surface area (Å²) in [6, 6.07) is 12.1. The van der Waals surface area contributed by atoms with E-state index in [1.54, 1.807) is 36.4 Å². The fourth-order valence-electron chi connectivity index (χ4n) is 2.28. The lowest BCUT2D eigenvalue weighted by Gasteiger charge is -2.13. The first-order valence-electron chi connectivity index (χ1n) is 8.26. The number of carbonyl (C=O) groups is 1. The van der Waals surface area contributed by atoms with Crippen LogP contribution in [0.25, 0.3) is 6.08 Å². The van der Waals surface area contributed by atoms with Crippen molar-refractivity contribution >= 4 is 45.2 Å². The summed E-state index contributed by atoms with van der Waals surface area (Å²) in [5.74, 6) is 0.611. The standard InChI is InChI=1S/C20H18BrClN2O3/c1-3-26-18-11-19(27-4-2)17(21)9-13(18)8-14(12-23)20(25)24-16-7-5-6-15(22)10-16/h5-11H,3-4H2,1-2H3,(H,24,25)/b14-8+. The van der Waals surface area contributed by atoms with Crippen LogP contribution in [0.15, 0.2) is 46.4 Å². The minimum absolute atomic E-state index is 0.0630. The molecule has 0 aromatic heterocycles. The molecule has 0 saturated heterocycles. The van der Waals surface area contributed by atoms with Gasteiger partial charge in [0.1, 0.15) is 23.1 Å². The second kappa shape index (κ2) is 10.0. The summed E-state index contributed by atoms with van der Waals surface area (Å²) in [5, 5.41) is 12.6. The minimum atomic E-state index is -0.535. The van der Waals surface area contributed by atoms with Crippen LogP contribution in [0.4, 0.5) is 5.69 Å². The quantitative estimate of drug-likeness (QED) is 0.451. The molecule has 0 radical (unpaired) electrons. The Bertz CT molecular complexity index is 907. The van der Waals surface area contributed by atoms with Crippen molar-refractivity contribution in [1.82, 2.24) is 0 Å². The zero-order chi connectivity index (χ0) is 19.8. The van der Waals surface area contributed by atoms with Gasteiger partial charge in [0.05, 0.1) is 17.7 Å². The molecule has 1 amide bonds. The monoisotopic (exact) mass is 448 g/mol. The zero-order valence-corrected chi connectivity index (χ0v) is 17.2. The Morgan fingerprint density at radius 1 is 1.22 bits per heavy atom. The molecule has 2 aromatic carbocycles. The molecule has 5 nitrogen and oxygen atoms in total. The lowest BCUT2D eigenvalue weighted by Crippen LogP contribution is -2.13. The van der Waals surface area contributed by atoms with Crippen molar-refractivity contribution in [3.05, 3.63) is 57.0 Å². The van der Waals surface area contributed by atoms with Gasteiger partial charge >= 0.3 is 0 Å². The van der Waals surface area contributed by atoms with Crippen molar-refractivity contribution < 1.29 is 14.3 Å². The molecular weight excluding hydrogens is 432 g/mol. The molecule has 2 aromatic rings. The van der Waals surface area contributed by atoms with Crippen LogP contribution in [-0.2, 0) is 4.79 Å². The molecule has 0 unspecified atom stereocenters. The summed E-state index contributed by atoms with van der Waals surface area (Å²) in [5.41, 5.74) is 1.03. The number of carbonyl (C=O) groups excluding carboxylic acids is 1. The molecule has 0 bridgehead atoms. The summed E-state index contributed by atoms with van der Waals surface area (Å²) in [6.45, 7) is 4.68. The SMILES string of the molecule is CCOc1cc(OCC)c(/C=C(\C#N)C(=O)Nc2cccc(Cl)c2)cc1Br. The molecule has 0 aliphatic rings. The molecule has 0 heterocycles. The number of nitrogens with zero attached hydrogens (tertiary/aromatic N) is 1. The maximum atomic E-state index is 12.5. The molecule has 0 spiro atoms. The first-order valence-corrected chi connectivity index (χ1v) is 9.43. The van der Waals surface area contributed by atoms with Gasteiger partial charge in [0.15, 0.2) is 0 Å². The predicted molar refractivity (Wildman–Crippen MR) is 110 cm³/mol. The third kappa shape index (κ3) is 5.75. The van der Waals surface area contributed by atoms with Crippen molar-refractivity contribution in [2.24, 2.45) is 0 Å². The van der Waals surface area contributed by atoms with Crippen LogP contribution in [-0.4, -0.2) is 19.1 Å². The highest BCUT2D eigenvalue weighted by Crippen LogP contribution is 2.34. The fraction of sp³-hybridized carbons (Fsp3) is 0.200. The number of halogens is 2. The zero-order valence-electron chi connectivity index (χ0n) is 14.9. The van der Waals surface area contributed by atoms with Gasteiger partial charge in [0.2, 0.25) is 0 Å². The normalized spacial score (nSPS) is 10.9. The molecule has 7 heteroatoms. The topological polar surface area (TPSA) is 71.3 Å². The second-order valence-electron chi connectivity index (χ2n) is 5.32. The van der Waals surface area contributed by atoms with E-state index >= 15 is 0 Å². The van der Waals surface area contributed by atoms with Gasteiger partial charge in [-0.1, -0.05) is 17.7 Å². The number of hydrogen-bond donors (Lipinski definition) is 1. The second-order valence-corrected chi connectivity index (χ2v) is 6.61. The number of anilines is 1. The highest BCUT2D eigenvalue weighted by Gasteiger charge is 2.14. The number of nitrogens with one attached hydrogen (secondary N) is 1. The molecule has 0 aliphatic heterocycles. The Kier molecular flexibility index (Phi) is 7.71. The average Bonchev–Trinajstić information content (AvgIpc) is 2.63. The summed E-state index contributed by atoms with van der Waals surface area (Å²) in [4.78, 5) is 12.5. The van der Waals surface area contributed by atoms with E-state index in [-0.39, 0.29) is 5.57 Å². The van der Waals surface area contributed by atoms with Crippen LogP contribution in [0.5, 0.6) is 11.5 Å². The van der Waals surface area contributed by atoms with E-state index in [0.717, 1.165) is 0 Å². The third-order valence-electron chi connectivity index (χ3n) is 3.41. The first kappa shape index (κ1) is 20.8. The molecule has 0 fully saturated rings. The number of ether oxygens (including phenoxy) is 2. The number of nitriles is 1. The third-order valence-corrected chi connectivity index (χ3v) is 4.27. The molecule has 1 N–H and O–H groups in total. The lowest BCUT2D eigenvalue weighted by atomic mass is 10.1. The summed E-state index contributed by atoms with van der Waals surface area (Å²) in [7, 11) is 0. The van der Waals surface area contributed by atoms with Gasteiger partial charge in [0.25, 0.3) is 5.91 Å². The van der Waals surface area contributed by atoms with Gasteiger partial charge in [-0.2, -0.15) is 5.26 Å². The van der Waals surface area contributed by atoms with E-state index in [1.165, 1.54) is 6.08 Å². The van der Waals surface area contributed by atoms with Crippen molar-refractivity contribution in [2.45, 2.75) is 13.8 Å². The molecular formula is C20H18BrClN2O3. The number of benzene rings is 2. The van der Waals surface area contributed by atoms with E-state index in [9.17, 15) is 10.1 Å². The highest BCUT2D eigenvalue weighted by atomic mass is 79.9. The van der Waals surface area contributed by atoms with Gasteiger partial charge < -0.3 is 14.8 Å². The van der Waals surface area contributed by atoms with E-state index in [0.29, 0.717) is 45.5 Å². The fourth-order valence-corrected chi connectivity index (χ4v) is 2.94. The van der Waals surface area contributed by atoms with Crippen LogP contribution in [0.1, 0.15) is 19.4 Å². The van der Waals surface area contributed by atoms with Gasteiger partial charge in [-0.3, -0.25) is 4.79 Å². The average molecular weight is 450 g/mol. The lowest BCUT2D eigenvalue weighted by molar-refractivity contribution is -0.112. The van der Waals surface area contributed by atoms with Crippen molar-refractivity contribution in [1.29, 1.82) is 5.26 Å². The van der Waals surface area contributed by atoms with Crippen LogP contribution in [0.2, 0.25) is 5.02 Å². The van der Waals surface area contributed by atoms with E-state index in [2.05, 4.69) is 21.2 Å². The molecule has 2 rings (SSSR count). The van der Waals surface area contributed by atoms with Gasteiger partial charge in [-0.05, 0) is 60.1 Å². The van der Waals surface area contributed by atoms with Crippen LogP contribution >= 0.6 is 27.5 Å². The highest BCUT2D eigenvalue weighted by molar-refractivity contribution is 9.10. The number of rotatable bonds is 7. The van der Waals surface area contributed by atoms with Crippen LogP contribution < -0.4 is 14.8 Å². The van der Waals surface area contributed by atoms with E-state index < -0.39 is 5.91 Å². The Balaban J connectivity index is 2.36. The maximum Gasteiger partial charge on any atom is 0.266 e. The predicted octanol–water partition coefficient (Wildman–Crippen LogP) is 5.45. The Morgan fingerprint density at radius 2 is 1.93 bits per heavy atom. The van der Waals surface area contributed by atoms with Gasteiger partial charge in [0, 0.05) is 22.3 Å². The summed E-state index contributed by atoms with van der Waals surface area (Å²) >= 11 is 9.36. The molecule has 140 valence electrons. The molecule has 0 atom stereocenters. The Labute approximate surface area is 171 Å². The smallest absolute Gasteiger partial charge is 0.266 e. The van der Waals surface area contributed by atoms with Crippen LogP contribution in [0.3, 0.4) is 0 Å².